The Hall–Kier alpha value is -0.773. The maximum atomic E-state index is 10.5. The van der Waals surface area contributed by atoms with Crippen molar-refractivity contribution in [2.75, 3.05) is 6.61 Å². The minimum atomic E-state index is -1.71. The van der Waals surface area contributed by atoms with E-state index in [4.69, 9.17) is 9.16 Å². The van der Waals surface area contributed by atoms with Crippen LogP contribution in [0.5, 0.6) is 0 Å². The molecule has 0 aliphatic carbocycles. The Morgan fingerprint density at radius 1 is 1.38 bits per heavy atom. The van der Waals surface area contributed by atoms with Crippen LogP contribution in [-0.2, 0) is 14.0 Å². The van der Waals surface area contributed by atoms with Crippen LogP contribution in [0.4, 0.5) is 0 Å². The second-order valence-corrected chi connectivity index (χ2v) is 7.88. The molecule has 0 aromatic carbocycles. The number of esters is 1. The van der Waals surface area contributed by atoms with Crippen LogP contribution in [0.2, 0.25) is 19.1 Å². The van der Waals surface area contributed by atoms with Crippen molar-refractivity contribution in [1.82, 2.24) is 0 Å². The lowest BCUT2D eigenvalue weighted by atomic mass is 10.7. The summed E-state index contributed by atoms with van der Waals surface area (Å²) in [7, 11) is -1.71. The van der Waals surface area contributed by atoms with Crippen molar-refractivity contribution in [3.63, 3.8) is 0 Å². The highest BCUT2D eigenvalue weighted by Crippen LogP contribution is 2.14. The van der Waals surface area contributed by atoms with Gasteiger partial charge in [-0.3, -0.25) is 4.79 Å². The average molecular weight is 202 g/mol. The predicted octanol–water partition coefficient (Wildman–Crippen LogP) is 2.30. The van der Waals surface area contributed by atoms with E-state index >= 15 is 0 Å². The molecule has 0 unspecified atom stereocenters. The monoisotopic (exact) mass is 202 g/mol. The van der Waals surface area contributed by atoms with Crippen molar-refractivity contribution < 1.29 is 14.0 Å². The van der Waals surface area contributed by atoms with E-state index in [-0.39, 0.29) is 5.97 Å². The number of rotatable bonds is 5. The Morgan fingerprint density at radius 2 is 1.92 bits per heavy atom. The summed E-state index contributed by atoms with van der Waals surface area (Å²) < 4.78 is 10.4. The number of allylic oxidation sites excluding steroid dienone is 1. The predicted molar refractivity (Wildman–Crippen MR) is 54.8 cm³/mol. The molecule has 0 aliphatic rings. The molecule has 0 amide bonds. The number of carbonyl (C=O) groups excluding carboxylic acids is 1. The first kappa shape index (κ1) is 12.2. The largest absolute Gasteiger partial charge is 0.548 e. The molecular weight excluding hydrogens is 184 g/mol. The molecule has 0 bridgehead atoms. The zero-order chi connectivity index (χ0) is 10.5. The van der Waals surface area contributed by atoms with E-state index in [1.54, 1.807) is 0 Å². The fourth-order valence-electron chi connectivity index (χ4n) is 0.963. The van der Waals surface area contributed by atoms with Gasteiger partial charge in [-0.2, -0.15) is 0 Å². The van der Waals surface area contributed by atoms with Crippen molar-refractivity contribution >= 4 is 14.3 Å². The van der Waals surface area contributed by atoms with E-state index in [0.717, 1.165) is 11.8 Å². The minimum absolute atomic E-state index is 0.236. The smallest absolute Gasteiger partial charge is 0.302 e. The van der Waals surface area contributed by atoms with E-state index in [1.807, 2.05) is 6.92 Å². The standard InChI is InChI=1S/C9H18O3Si/c1-8(2)12-13(4,5)7-6-11-9(3)10/h1,6-7H2,2-5H3. The molecule has 0 aliphatic heterocycles. The minimum Gasteiger partial charge on any atom is -0.548 e. The molecule has 0 saturated carbocycles. The Morgan fingerprint density at radius 3 is 2.31 bits per heavy atom. The van der Waals surface area contributed by atoms with Gasteiger partial charge in [0.2, 0.25) is 8.32 Å². The summed E-state index contributed by atoms with van der Waals surface area (Å²) in [6.45, 7) is 11.5. The van der Waals surface area contributed by atoms with E-state index < -0.39 is 8.32 Å². The summed E-state index contributed by atoms with van der Waals surface area (Å²) in [5.74, 6) is 0.500. The molecular formula is C9H18O3Si. The molecule has 0 rings (SSSR count). The van der Waals surface area contributed by atoms with Gasteiger partial charge < -0.3 is 9.16 Å². The summed E-state index contributed by atoms with van der Waals surface area (Å²) in [5.41, 5.74) is 0. The molecule has 13 heavy (non-hydrogen) atoms. The van der Waals surface area contributed by atoms with Crippen molar-refractivity contribution in [2.45, 2.75) is 33.0 Å². The van der Waals surface area contributed by atoms with Gasteiger partial charge in [0.15, 0.2) is 0 Å². The Balaban J connectivity index is 3.75. The van der Waals surface area contributed by atoms with Crippen LogP contribution in [0.25, 0.3) is 0 Å². The molecule has 0 spiro atoms. The van der Waals surface area contributed by atoms with Crippen LogP contribution in [0.3, 0.4) is 0 Å². The molecule has 3 nitrogen and oxygen atoms in total. The third kappa shape index (κ3) is 7.58. The van der Waals surface area contributed by atoms with Crippen LogP contribution in [0, 0.1) is 0 Å². The molecule has 0 atom stereocenters. The fourth-order valence-corrected chi connectivity index (χ4v) is 2.60. The van der Waals surface area contributed by atoms with E-state index in [9.17, 15) is 4.79 Å². The maximum absolute atomic E-state index is 10.5. The van der Waals surface area contributed by atoms with E-state index in [0.29, 0.717) is 6.61 Å². The van der Waals surface area contributed by atoms with Gasteiger partial charge in [-0.15, -0.1) is 0 Å². The molecule has 0 fully saturated rings. The zero-order valence-corrected chi connectivity index (χ0v) is 9.85. The SMILES string of the molecule is C=C(C)O[Si](C)(C)CCOC(C)=O. The highest BCUT2D eigenvalue weighted by Gasteiger charge is 2.24. The zero-order valence-electron chi connectivity index (χ0n) is 8.85. The van der Waals surface area contributed by atoms with Gasteiger partial charge in [-0.05, 0) is 20.0 Å². The van der Waals surface area contributed by atoms with Crippen molar-refractivity contribution in [3.05, 3.63) is 12.3 Å². The molecule has 0 heterocycles. The molecule has 0 aromatic rings. The summed E-state index contributed by atoms with van der Waals surface area (Å²) in [6.07, 6.45) is 0. The molecule has 0 radical (unpaired) electrons. The first-order valence-electron chi connectivity index (χ1n) is 4.31. The van der Waals surface area contributed by atoms with Gasteiger partial charge in [0.25, 0.3) is 0 Å². The molecule has 0 N–H and O–H groups in total. The number of hydrogen-bond acceptors (Lipinski definition) is 3. The number of carbonyl (C=O) groups is 1. The lowest BCUT2D eigenvalue weighted by molar-refractivity contribution is -0.140. The highest BCUT2D eigenvalue weighted by atomic mass is 28.4. The molecule has 4 heteroatoms. The van der Waals surface area contributed by atoms with Gasteiger partial charge in [0, 0.05) is 13.0 Å². The number of ether oxygens (including phenoxy) is 1. The normalized spacial score (nSPS) is 10.8. The quantitative estimate of drug-likeness (QED) is 0.390. The van der Waals surface area contributed by atoms with E-state index in [2.05, 4.69) is 19.7 Å². The summed E-state index contributed by atoms with van der Waals surface area (Å²) in [5, 5.41) is 0. The van der Waals surface area contributed by atoms with Gasteiger partial charge in [-0.25, -0.2) is 0 Å². The van der Waals surface area contributed by atoms with Gasteiger partial charge in [-0.1, -0.05) is 6.58 Å². The topological polar surface area (TPSA) is 35.5 Å². The van der Waals surface area contributed by atoms with Crippen LogP contribution >= 0.6 is 0 Å². The number of hydrogen-bond donors (Lipinski definition) is 0. The van der Waals surface area contributed by atoms with Crippen LogP contribution < -0.4 is 0 Å². The van der Waals surface area contributed by atoms with Gasteiger partial charge in [0.1, 0.15) is 0 Å². The molecule has 0 aromatic heterocycles. The lowest BCUT2D eigenvalue weighted by Crippen LogP contribution is -2.31. The summed E-state index contributed by atoms with van der Waals surface area (Å²) in [6, 6.07) is 0.805. The Labute approximate surface area is 80.9 Å². The maximum Gasteiger partial charge on any atom is 0.302 e. The van der Waals surface area contributed by atoms with Crippen LogP contribution in [0.15, 0.2) is 12.3 Å². The van der Waals surface area contributed by atoms with Crippen LogP contribution in [-0.4, -0.2) is 20.9 Å². The first-order chi connectivity index (χ1) is 5.83. The average Bonchev–Trinajstić information content (AvgIpc) is 1.81. The second-order valence-electron chi connectivity index (χ2n) is 3.65. The highest BCUT2D eigenvalue weighted by molar-refractivity contribution is 6.71. The van der Waals surface area contributed by atoms with Crippen molar-refractivity contribution in [1.29, 1.82) is 0 Å². The summed E-state index contributed by atoms with van der Waals surface area (Å²) >= 11 is 0. The van der Waals surface area contributed by atoms with Gasteiger partial charge in [0.05, 0.1) is 12.4 Å². The van der Waals surface area contributed by atoms with Crippen molar-refractivity contribution in [3.8, 4) is 0 Å². The van der Waals surface area contributed by atoms with Gasteiger partial charge >= 0.3 is 5.97 Å². The Kier molecular flexibility index (Phi) is 4.76. The van der Waals surface area contributed by atoms with Crippen LogP contribution in [0.1, 0.15) is 13.8 Å². The second kappa shape index (κ2) is 5.06. The fraction of sp³-hybridized carbons (Fsp3) is 0.667. The first-order valence-corrected chi connectivity index (χ1v) is 7.43. The van der Waals surface area contributed by atoms with Crippen molar-refractivity contribution in [2.24, 2.45) is 0 Å². The van der Waals surface area contributed by atoms with E-state index in [1.165, 1.54) is 6.92 Å². The lowest BCUT2D eigenvalue weighted by Gasteiger charge is -2.23. The summed E-state index contributed by atoms with van der Waals surface area (Å²) in [4.78, 5) is 10.5. The Bertz CT molecular complexity index is 199. The molecule has 76 valence electrons. The third-order valence-electron chi connectivity index (χ3n) is 1.46. The third-order valence-corrected chi connectivity index (χ3v) is 3.77. The molecule has 0 saturated heterocycles.